The summed E-state index contributed by atoms with van der Waals surface area (Å²) in [6.45, 7) is -1.26. The number of aromatic amines is 2. The number of carboxylic acids is 3. The average molecular weight is 2100 g/mol. The summed E-state index contributed by atoms with van der Waals surface area (Å²) in [6, 6.07) is -10.1. The molecule has 53 nitrogen and oxygen atoms in total. The second-order valence-electron chi connectivity index (χ2n) is 37.4. The van der Waals surface area contributed by atoms with Crippen LogP contribution >= 0.6 is 0 Å². The van der Waals surface area contributed by atoms with E-state index in [0.717, 1.165) is 56.2 Å². The number of hydrogen-bond acceptors (Lipinski definition) is 28. The summed E-state index contributed by atoms with van der Waals surface area (Å²) in [7, 11) is 0. The third-order valence-electron chi connectivity index (χ3n) is 25.4. The summed E-state index contributed by atoms with van der Waals surface area (Å²) in [5.74, 6) is -18.0. The van der Waals surface area contributed by atoms with Crippen molar-refractivity contribution < 1.29 is 116 Å². The maximum Gasteiger partial charge on any atom is 0.317 e. The fourth-order valence-corrected chi connectivity index (χ4v) is 17.7. The summed E-state index contributed by atoms with van der Waals surface area (Å²) in [4.78, 5) is 274. The molecule has 1 aromatic carbocycles. The number of ether oxygens (including phenoxy) is 2. The number of benzene rings is 1. The molecule has 0 saturated carbocycles. The lowest BCUT2D eigenvalue weighted by atomic mass is 10.0. The van der Waals surface area contributed by atoms with Gasteiger partial charge in [0, 0.05) is 120 Å². The molecule has 3 fully saturated rings. The number of nitrogens with one attached hydrogen (secondary N) is 19. The molecule has 824 valence electrons. The van der Waals surface area contributed by atoms with Crippen molar-refractivity contribution in [2.24, 2.45) is 22.2 Å². The fourth-order valence-electron chi connectivity index (χ4n) is 17.7. The smallest absolute Gasteiger partial charge is 0.317 e. The Labute approximate surface area is 863 Å². The van der Waals surface area contributed by atoms with Crippen molar-refractivity contribution >= 4 is 141 Å². The van der Waals surface area contributed by atoms with Crippen LogP contribution in [0.4, 0.5) is 0 Å². The molecule has 6 heterocycles. The van der Waals surface area contributed by atoms with E-state index in [2.05, 4.69) is 110 Å². The molecule has 3 saturated heterocycles. The SMILES string of the molecule is CC(=O)N[C@H]1CCC(=O)NCC[C@@H](C(=O)N2CCC[C@H]2C(=O)N2CCC[C@H]2C(=O)N[C@@H](CCCNC(=N)N)C(=O)N[C@@H](CC(=O)O)C(=O)N[C@@H](CCCCN(CC(=O)O)CC(=O)O)C(=O)N[C@@H](CCCCNC(=O)COCCOCCNC(=O)CCCCCCCCCCCCCCCc2nnn[nH]2)C(N)=O)NC(=O)[C@H](Cc2c[nH]c3ccccc23)NC(=O)[C@H](CCCNC(=N)N)NC(=O)CNC(=O)[C@H](CC2=CCC=N2)NC1=O. The number of para-hydroxylation sites is 1. The van der Waals surface area contributed by atoms with E-state index < -0.39 is 224 Å². The molecular formula is C96H151N29O24. The molecule has 28 N–H and O–H groups in total. The third kappa shape index (κ3) is 47.1. The number of hydrogen-bond donors (Lipinski definition) is 25. The number of unbranched alkanes of at least 4 members (excludes halogenated alkanes) is 14. The molecule has 0 aliphatic carbocycles. The number of rotatable bonds is 64. The van der Waals surface area contributed by atoms with Gasteiger partial charge < -0.3 is 137 Å². The number of carbonyl (C=O) groups is 19. The van der Waals surface area contributed by atoms with Crippen molar-refractivity contribution in [1.82, 2.24) is 120 Å². The number of aliphatic carboxylic acids is 3. The molecule has 0 radical (unpaired) electrons. The van der Waals surface area contributed by atoms with Gasteiger partial charge in [-0.05, 0) is 144 Å². The normalized spacial score (nSPS) is 18.8. The van der Waals surface area contributed by atoms with Crippen molar-refractivity contribution in [3.8, 4) is 0 Å². The zero-order valence-corrected chi connectivity index (χ0v) is 84.7. The lowest BCUT2D eigenvalue weighted by molar-refractivity contribution is -0.148. The largest absolute Gasteiger partial charge is 0.481 e. The molecule has 4 aliphatic heterocycles. The highest BCUT2D eigenvalue weighted by Gasteiger charge is 2.46. The van der Waals surface area contributed by atoms with Gasteiger partial charge in [0.2, 0.25) is 94.5 Å². The van der Waals surface area contributed by atoms with Gasteiger partial charge in [-0.3, -0.25) is 112 Å². The Morgan fingerprint density at radius 3 is 1.79 bits per heavy atom. The Kier molecular flexibility index (Phi) is 55.0. The van der Waals surface area contributed by atoms with Gasteiger partial charge in [-0.2, -0.15) is 0 Å². The van der Waals surface area contributed by atoms with E-state index in [1.165, 1.54) is 61.2 Å². The lowest BCUT2D eigenvalue weighted by Gasteiger charge is -2.34. The van der Waals surface area contributed by atoms with Crippen LogP contribution in [-0.2, 0) is 113 Å². The second kappa shape index (κ2) is 67.5. The number of tetrazole rings is 1. The Balaban J connectivity index is 0.991. The number of guanidine groups is 2. The topological polar surface area (TPSA) is 802 Å². The molecule has 11 atom stereocenters. The highest BCUT2D eigenvalue weighted by atomic mass is 16.5. The van der Waals surface area contributed by atoms with E-state index in [0.29, 0.717) is 41.5 Å². The lowest BCUT2D eigenvalue weighted by Crippen LogP contribution is -2.60. The Morgan fingerprint density at radius 2 is 1.13 bits per heavy atom. The number of aromatic nitrogens is 5. The van der Waals surface area contributed by atoms with Crippen molar-refractivity contribution in [2.75, 3.05) is 98.4 Å². The molecule has 53 heteroatoms. The number of primary amides is 1. The first-order valence-corrected chi connectivity index (χ1v) is 51.4. The zero-order chi connectivity index (χ0) is 108. The number of likely N-dealkylation sites (tertiary alicyclic amines) is 2. The minimum absolute atomic E-state index is 0.00441. The van der Waals surface area contributed by atoms with Crippen molar-refractivity contribution in [3.63, 3.8) is 0 Å². The van der Waals surface area contributed by atoms with Gasteiger partial charge >= 0.3 is 17.9 Å². The van der Waals surface area contributed by atoms with Crippen molar-refractivity contribution in [2.45, 2.75) is 305 Å². The molecule has 0 spiro atoms. The molecule has 16 amide bonds. The molecular weight excluding hydrogens is 1940 g/mol. The molecule has 149 heavy (non-hydrogen) atoms. The quantitative estimate of drug-likeness (QED) is 0.0152. The first-order chi connectivity index (χ1) is 71.5. The number of H-pyrrole nitrogens is 2. The molecule has 4 aliphatic rings. The zero-order valence-electron chi connectivity index (χ0n) is 84.7. The van der Waals surface area contributed by atoms with Gasteiger partial charge in [0.05, 0.1) is 45.9 Å². The van der Waals surface area contributed by atoms with E-state index in [4.69, 9.17) is 37.5 Å². The third-order valence-corrected chi connectivity index (χ3v) is 25.4. The fraction of sp³-hybridized carbons (Fsp3) is 0.656. The number of allylic oxidation sites excluding steroid dienone is 1. The van der Waals surface area contributed by atoms with E-state index in [9.17, 15) is 92.0 Å². The van der Waals surface area contributed by atoms with Gasteiger partial charge in [-0.15, -0.1) is 5.10 Å². The van der Waals surface area contributed by atoms with Crippen LogP contribution in [0.3, 0.4) is 0 Å². The number of carboxylic acid groups (broad SMARTS) is 3. The van der Waals surface area contributed by atoms with Gasteiger partial charge in [-0.1, -0.05) is 94.9 Å². The summed E-state index contributed by atoms with van der Waals surface area (Å²) >= 11 is 0. The van der Waals surface area contributed by atoms with E-state index >= 15 is 14.4 Å². The molecule has 0 unspecified atom stereocenters. The first-order valence-electron chi connectivity index (χ1n) is 51.4. The molecule has 0 bridgehead atoms. The van der Waals surface area contributed by atoms with Crippen LogP contribution in [0.25, 0.3) is 10.9 Å². The summed E-state index contributed by atoms with van der Waals surface area (Å²) in [5, 5.41) is 98.4. The van der Waals surface area contributed by atoms with Crippen LogP contribution in [0.15, 0.2) is 47.2 Å². The van der Waals surface area contributed by atoms with Gasteiger partial charge in [0.15, 0.2) is 11.9 Å². The van der Waals surface area contributed by atoms with Crippen LogP contribution in [0, 0.1) is 10.8 Å². The van der Waals surface area contributed by atoms with Crippen LogP contribution in [-0.4, -0.2) is 351 Å². The van der Waals surface area contributed by atoms with Crippen LogP contribution in [0.2, 0.25) is 0 Å². The number of carbonyl (C=O) groups excluding carboxylic acids is 16. The van der Waals surface area contributed by atoms with Crippen molar-refractivity contribution in [1.29, 1.82) is 10.8 Å². The van der Waals surface area contributed by atoms with Gasteiger partial charge in [0.1, 0.15) is 78.9 Å². The standard InChI is InChI=1S/C96H151N29O24/c1-60(126)110-69-37-38-78(128)104-44-39-70(115-90(143)71(52-61-55-108-64-28-16-15-27-63(61)64)116-86(139)66(31-22-42-106-95(98)99)111-79(129)56-109-85(138)72(117-89(69)142)53-62-26-21-41-102-62)93(146)125-48-25-34-75(125)94(147)124-47-24-33-74(124)92(145)114-68(32-23-43-107-96(100)101)88(141)118-73(54-81(131)132)91(144)113-67(30-18-20-46-123(57-82(133)134)58-83(135)136)87(140)112-65(84(97)137)29-17-19-40-103-80(130)59-149-51-50-148-49-45-105-77(127)36-14-12-10-8-6-4-2-3-5-7-9-11-13-35-76-119-121-122-120-76/h15-16,26-28,41,55,65-75,108H,2-14,17-25,29-40,42-54,56-59H2,1H3,(H2,97,137)(H,103,130)(H,104,128)(H,105,127)(H,109,138)(H,110,126)(H,111,129)(H,112,140)(H,113,144)(H,114,145)(H,115,143)(H,116,139)(H,117,142)(H,118,141)(H,131,132)(H,133,134)(H,135,136)(H4,98,99,106)(H4,100,101,107)(H,119,120,121,122)/t65-,66-,67-,68-,69-,70-,71-,72-,73-,74-,75-/m0/s1. The number of aliphatic imine (C=N–C) groups is 1. The maximum atomic E-state index is 15.6. The molecule has 7 rings (SSSR count). The highest BCUT2D eigenvalue weighted by molar-refractivity contribution is 6.01. The number of aryl methyl sites for hydroxylation is 1. The monoisotopic (exact) mass is 2090 g/mol. The minimum Gasteiger partial charge on any atom is -0.481 e. The minimum atomic E-state index is -2.06. The predicted molar refractivity (Wildman–Crippen MR) is 540 cm³/mol. The van der Waals surface area contributed by atoms with Gasteiger partial charge in [-0.25, -0.2) is 5.10 Å². The predicted octanol–water partition coefficient (Wildman–Crippen LogP) is -2.98. The van der Waals surface area contributed by atoms with Crippen molar-refractivity contribution in [3.05, 3.63) is 53.6 Å². The Hall–Kier alpha value is -14.4. The maximum absolute atomic E-state index is 15.6. The number of fused-ring (bicyclic) bond motifs is 1. The Morgan fingerprint density at radius 1 is 0.550 bits per heavy atom. The summed E-state index contributed by atoms with van der Waals surface area (Å²) < 4.78 is 11.0. The first kappa shape index (κ1) is 122. The highest BCUT2D eigenvalue weighted by Crippen LogP contribution is 2.28. The van der Waals surface area contributed by atoms with E-state index in [-0.39, 0.29) is 187 Å². The number of nitrogens with zero attached hydrogens (tertiary/aromatic N) is 7. The molecule has 2 aromatic heterocycles. The van der Waals surface area contributed by atoms with E-state index in [1.807, 2.05) is 0 Å². The summed E-state index contributed by atoms with van der Waals surface area (Å²) in [5.41, 5.74) is 18.5. The summed E-state index contributed by atoms with van der Waals surface area (Å²) in [6.07, 6.45) is 18.6. The number of nitrogens with two attached hydrogens (primary N) is 3. The Bertz CT molecular complexity index is 4990. The van der Waals surface area contributed by atoms with Crippen LogP contribution in [0.1, 0.15) is 237 Å². The number of amides is 16. The second-order valence-corrected chi connectivity index (χ2v) is 37.4. The van der Waals surface area contributed by atoms with Gasteiger partial charge in [0.25, 0.3) is 0 Å². The molecule has 3 aromatic rings. The van der Waals surface area contributed by atoms with E-state index in [1.54, 1.807) is 42.8 Å². The van der Waals surface area contributed by atoms with Crippen LogP contribution < -0.4 is 97.0 Å². The average Bonchev–Trinajstić information content (AvgIpc) is 1.65. The van der Waals surface area contributed by atoms with Crippen LogP contribution in [0.5, 0.6) is 0 Å².